The maximum Gasteiger partial charge on any atom is 0.197 e. The van der Waals surface area contributed by atoms with Crippen LogP contribution in [0.1, 0.15) is 12.0 Å². The molecule has 0 amide bonds. The molecule has 2 aliphatic rings. The second kappa shape index (κ2) is 11.0. The number of piperidine rings is 1. The highest BCUT2D eigenvalue weighted by Gasteiger charge is 2.34. The Hall–Kier alpha value is -2.22. The van der Waals surface area contributed by atoms with E-state index in [0.717, 1.165) is 75.6 Å². The molecule has 0 spiro atoms. The number of likely N-dealkylation sites (N-methyl/N-ethyl adjacent to an activating group) is 2. The van der Waals surface area contributed by atoms with Crippen LogP contribution in [0.4, 0.5) is 5.69 Å². The molecule has 1 aliphatic carbocycles. The van der Waals surface area contributed by atoms with Crippen LogP contribution in [0, 0.1) is 12.8 Å². The van der Waals surface area contributed by atoms with Crippen LogP contribution in [0.25, 0.3) is 20.2 Å². The summed E-state index contributed by atoms with van der Waals surface area (Å²) in [6.45, 7) is 6.77. The standard InChI is InChI=1S/C29H35ClN4OS/c1-19-8-11-24(27-28(35)22-6-4-5-7-26(22)36-29(19)27)32-14-17-33(2)16-13-31-23-12-15-34(3)25-18-20(30)9-10-21(23)25/h4-11,18,21,23,25,31-32H,12-17H2,1-3H3. The topological polar surface area (TPSA) is 47.6 Å². The number of hydrogen-bond acceptors (Lipinski definition) is 6. The van der Waals surface area contributed by atoms with Gasteiger partial charge in [0, 0.05) is 69.7 Å². The molecule has 0 saturated carbocycles. The van der Waals surface area contributed by atoms with E-state index in [-0.39, 0.29) is 5.43 Å². The van der Waals surface area contributed by atoms with Crippen LogP contribution in [-0.4, -0.2) is 68.7 Å². The third kappa shape index (κ3) is 5.24. The summed E-state index contributed by atoms with van der Waals surface area (Å²) in [5.74, 6) is 0.464. The van der Waals surface area contributed by atoms with E-state index in [1.165, 1.54) is 0 Å². The molecule has 1 aromatic heterocycles. The Morgan fingerprint density at radius 1 is 1.17 bits per heavy atom. The van der Waals surface area contributed by atoms with Crippen LogP contribution in [0.2, 0.25) is 0 Å². The zero-order chi connectivity index (χ0) is 25.2. The molecule has 7 heteroatoms. The molecule has 1 fully saturated rings. The second-order valence-electron chi connectivity index (χ2n) is 10.1. The molecule has 2 aromatic carbocycles. The normalized spacial score (nSPS) is 22.2. The SMILES string of the molecule is Cc1ccc(NCCN(C)CCNC2CCN(C)C3C=C(Cl)C=CC23)c2c(=O)c3ccccc3sc12. The molecule has 0 bridgehead atoms. The van der Waals surface area contributed by atoms with Crippen molar-refractivity contribution in [1.82, 2.24) is 15.1 Å². The third-order valence-electron chi connectivity index (χ3n) is 7.60. The van der Waals surface area contributed by atoms with Crippen molar-refractivity contribution < 1.29 is 0 Å². The zero-order valence-electron chi connectivity index (χ0n) is 21.3. The van der Waals surface area contributed by atoms with Gasteiger partial charge in [-0.15, -0.1) is 11.3 Å². The van der Waals surface area contributed by atoms with Crippen molar-refractivity contribution in [2.45, 2.75) is 25.4 Å². The minimum Gasteiger partial charge on any atom is -0.383 e. The summed E-state index contributed by atoms with van der Waals surface area (Å²) in [7, 11) is 4.34. The first kappa shape index (κ1) is 25.4. The Morgan fingerprint density at radius 2 is 1.97 bits per heavy atom. The predicted octanol–water partition coefficient (Wildman–Crippen LogP) is 5.04. The van der Waals surface area contributed by atoms with E-state index in [2.05, 4.69) is 65.7 Å². The molecule has 5 nitrogen and oxygen atoms in total. The first-order valence-electron chi connectivity index (χ1n) is 12.8. The van der Waals surface area contributed by atoms with Crippen LogP contribution in [0.5, 0.6) is 0 Å². The molecule has 190 valence electrons. The van der Waals surface area contributed by atoms with Gasteiger partial charge in [0.15, 0.2) is 5.43 Å². The smallest absolute Gasteiger partial charge is 0.197 e. The van der Waals surface area contributed by atoms with E-state index >= 15 is 0 Å². The van der Waals surface area contributed by atoms with Gasteiger partial charge < -0.3 is 15.5 Å². The lowest BCUT2D eigenvalue weighted by atomic mass is 9.82. The van der Waals surface area contributed by atoms with Gasteiger partial charge >= 0.3 is 0 Å². The molecule has 1 saturated heterocycles. The Kier molecular flexibility index (Phi) is 7.79. The van der Waals surface area contributed by atoms with E-state index in [0.29, 0.717) is 18.0 Å². The number of likely N-dealkylation sites (tertiary alicyclic amines) is 1. The van der Waals surface area contributed by atoms with Gasteiger partial charge in [0.25, 0.3) is 0 Å². The van der Waals surface area contributed by atoms with E-state index in [1.807, 2.05) is 30.3 Å². The summed E-state index contributed by atoms with van der Waals surface area (Å²) in [5, 5.41) is 9.80. The molecule has 36 heavy (non-hydrogen) atoms. The average Bonchev–Trinajstić information content (AvgIpc) is 2.87. The number of benzene rings is 2. The molecule has 3 atom stereocenters. The van der Waals surface area contributed by atoms with E-state index in [4.69, 9.17) is 11.6 Å². The quantitative estimate of drug-likeness (QED) is 0.406. The van der Waals surface area contributed by atoms with Crippen molar-refractivity contribution in [3.8, 4) is 0 Å². The van der Waals surface area contributed by atoms with Crippen molar-refractivity contribution in [1.29, 1.82) is 0 Å². The molecule has 0 radical (unpaired) electrons. The highest BCUT2D eigenvalue weighted by Crippen LogP contribution is 2.32. The molecule has 5 rings (SSSR count). The Bertz CT molecular complexity index is 1370. The Morgan fingerprint density at radius 3 is 2.83 bits per heavy atom. The molecular weight excluding hydrogens is 488 g/mol. The van der Waals surface area contributed by atoms with Gasteiger partial charge in [0.2, 0.25) is 0 Å². The number of nitrogens with one attached hydrogen (secondary N) is 2. The fourth-order valence-electron chi connectivity index (χ4n) is 5.48. The summed E-state index contributed by atoms with van der Waals surface area (Å²) < 4.78 is 2.12. The highest BCUT2D eigenvalue weighted by atomic mass is 35.5. The average molecular weight is 523 g/mol. The highest BCUT2D eigenvalue weighted by molar-refractivity contribution is 7.24. The van der Waals surface area contributed by atoms with Crippen molar-refractivity contribution in [2.24, 2.45) is 5.92 Å². The summed E-state index contributed by atoms with van der Waals surface area (Å²) in [6.07, 6.45) is 7.64. The lowest BCUT2D eigenvalue weighted by Crippen LogP contribution is -2.54. The van der Waals surface area contributed by atoms with Crippen molar-refractivity contribution >= 4 is 48.8 Å². The number of halogens is 1. The summed E-state index contributed by atoms with van der Waals surface area (Å²) in [6, 6.07) is 12.9. The minimum atomic E-state index is 0.118. The number of allylic oxidation sites excluding steroid dienone is 2. The molecule has 2 heterocycles. The third-order valence-corrected chi connectivity index (χ3v) is 9.16. The molecular formula is C29H35ClN4OS. The Labute approximate surface area is 222 Å². The first-order chi connectivity index (χ1) is 17.4. The fraction of sp³-hybridized carbons (Fsp3) is 0.414. The van der Waals surface area contributed by atoms with Gasteiger partial charge in [-0.05, 0) is 69.9 Å². The molecule has 1 aliphatic heterocycles. The molecule has 2 N–H and O–H groups in total. The zero-order valence-corrected chi connectivity index (χ0v) is 22.8. The lowest BCUT2D eigenvalue weighted by Gasteiger charge is -2.43. The summed E-state index contributed by atoms with van der Waals surface area (Å²) in [5.41, 5.74) is 2.20. The van der Waals surface area contributed by atoms with Gasteiger partial charge in [-0.2, -0.15) is 0 Å². The van der Waals surface area contributed by atoms with E-state index in [9.17, 15) is 4.79 Å². The van der Waals surface area contributed by atoms with Crippen molar-refractivity contribution in [3.63, 3.8) is 0 Å². The minimum absolute atomic E-state index is 0.118. The van der Waals surface area contributed by atoms with Gasteiger partial charge in [-0.1, -0.05) is 35.9 Å². The van der Waals surface area contributed by atoms with E-state index in [1.54, 1.807) is 11.3 Å². The monoisotopic (exact) mass is 522 g/mol. The van der Waals surface area contributed by atoms with Gasteiger partial charge in [-0.25, -0.2) is 0 Å². The summed E-state index contributed by atoms with van der Waals surface area (Å²) >= 11 is 7.96. The number of aryl methyl sites for hydroxylation is 1. The summed E-state index contributed by atoms with van der Waals surface area (Å²) in [4.78, 5) is 18.1. The van der Waals surface area contributed by atoms with Crippen LogP contribution in [0.3, 0.4) is 0 Å². The van der Waals surface area contributed by atoms with Gasteiger partial charge in [-0.3, -0.25) is 9.69 Å². The number of fused-ring (bicyclic) bond motifs is 3. The predicted molar refractivity (Wildman–Crippen MR) is 156 cm³/mol. The number of hydrogen-bond donors (Lipinski definition) is 2. The van der Waals surface area contributed by atoms with Crippen LogP contribution in [-0.2, 0) is 0 Å². The van der Waals surface area contributed by atoms with Gasteiger partial charge in [0.1, 0.15) is 0 Å². The largest absolute Gasteiger partial charge is 0.383 e. The molecule has 3 aromatic rings. The Balaban J connectivity index is 1.16. The van der Waals surface area contributed by atoms with Crippen LogP contribution >= 0.6 is 22.9 Å². The first-order valence-corrected chi connectivity index (χ1v) is 14.0. The lowest BCUT2D eigenvalue weighted by molar-refractivity contribution is 0.140. The fourth-order valence-corrected chi connectivity index (χ4v) is 6.85. The van der Waals surface area contributed by atoms with E-state index < -0.39 is 0 Å². The maximum atomic E-state index is 13.3. The number of rotatable bonds is 8. The van der Waals surface area contributed by atoms with Crippen molar-refractivity contribution in [3.05, 3.63) is 75.4 Å². The van der Waals surface area contributed by atoms with Crippen LogP contribution in [0.15, 0.2) is 64.5 Å². The molecule has 3 unspecified atom stereocenters. The van der Waals surface area contributed by atoms with Crippen molar-refractivity contribution in [2.75, 3.05) is 52.1 Å². The number of anilines is 1. The second-order valence-corrected chi connectivity index (χ2v) is 11.6. The maximum absolute atomic E-state index is 13.3. The van der Waals surface area contributed by atoms with Gasteiger partial charge in [0.05, 0.1) is 5.39 Å². The van der Waals surface area contributed by atoms with Crippen LogP contribution < -0.4 is 16.1 Å². The number of nitrogens with zero attached hydrogens (tertiary/aromatic N) is 2.